The Morgan fingerprint density at radius 3 is 2.52 bits per heavy atom. The van der Waals surface area contributed by atoms with Gasteiger partial charge in [0.1, 0.15) is 5.75 Å². The predicted octanol–water partition coefficient (Wildman–Crippen LogP) is 3.94. The molecule has 0 saturated heterocycles. The van der Waals surface area contributed by atoms with E-state index in [9.17, 15) is 18.0 Å². The SMILES string of the molecule is CN(CC(=O)Nc1cc(C(C)(C)C)no1)Cc1ccccc1OC(F)(F)F. The average Bonchev–Trinajstić information content (AvgIpc) is 2.96. The van der Waals surface area contributed by atoms with Gasteiger partial charge in [-0.1, -0.05) is 44.1 Å². The molecule has 0 radical (unpaired) electrons. The van der Waals surface area contributed by atoms with E-state index in [-0.39, 0.29) is 36.0 Å². The molecule has 0 atom stereocenters. The van der Waals surface area contributed by atoms with Gasteiger partial charge in [0.15, 0.2) is 0 Å². The molecule has 27 heavy (non-hydrogen) atoms. The third-order valence-corrected chi connectivity index (χ3v) is 3.59. The number of hydrogen-bond acceptors (Lipinski definition) is 5. The summed E-state index contributed by atoms with van der Waals surface area (Å²) in [4.78, 5) is 13.7. The van der Waals surface area contributed by atoms with Crippen LogP contribution in [0.5, 0.6) is 5.75 Å². The van der Waals surface area contributed by atoms with E-state index in [1.165, 1.54) is 18.2 Å². The molecule has 2 rings (SSSR count). The van der Waals surface area contributed by atoms with Crippen LogP contribution in [-0.2, 0) is 16.8 Å². The lowest BCUT2D eigenvalue weighted by Crippen LogP contribution is -2.30. The number of nitrogens with zero attached hydrogens (tertiary/aromatic N) is 2. The molecule has 2 aromatic rings. The fourth-order valence-corrected chi connectivity index (χ4v) is 2.32. The van der Waals surface area contributed by atoms with E-state index in [0.29, 0.717) is 11.3 Å². The highest BCUT2D eigenvalue weighted by Crippen LogP contribution is 2.27. The second-order valence-electron chi connectivity index (χ2n) is 7.20. The number of para-hydroxylation sites is 1. The summed E-state index contributed by atoms with van der Waals surface area (Å²) in [6.07, 6.45) is -4.77. The molecule has 0 aliphatic carbocycles. The van der Waals surface area contributed by atoms with Crippen LogP contribution in [0, 0.1) is 0 Å². The van der Waals surface area contributed by atoms with Crippen LogP contribution in [0.4, 0.5) is 19.1 Å². The highest BCUT2D eigenvalue weighted by Gasteiger charge is 2.32. The lowest BCUT2D eigenvalue weighted by molar-refractivity contribution is -0.275. The van der Waals surface area contributed by atoms with E-state index < -0.39 is 6.36 Å². The largest absolute Gasteiger partial charge is 0.573 e. The number of ether oxygens (including phenoxy) is 1. The Hall–Kier alpha value is -2.55. The van der Waals surface area contributed by atoms with Gasteiger partial charge >= 0.3 is 6.36 Å². The van der Waals surface area contributed by atoms with Gasteiger partial charge in [-0.3, -0.25) is 15.0 Å². The molecular formula is C18H22F3N3O3. The van der Waals surface area contributed by atoms with Crippen molar-refractivity contribution in [3.8, 4) is 5.75 Å². The number of anilines is 1. The Morgan fingerprint density at radius 1 is 1.26 bits per heavy atom. The van der Waals surface area contributed by atoms with E-state index in [1.807, 2.05) is 20.8 Å². The van der Waals surface area contributed by atoms with Crippen LogP contribution < -0.4 is 10.1 Å². The van der Waals surface area contributed by atoms with Gasteiger partial charge in [-0.2, -0.15) is 0 Å². The molecular weight excluding hydrogens is 363 g/mol. The van der Waals surface area contributed by atoms with Crippen molar-refractivity contribution >= 4 is 11.8 Å². The van der Waals surface area contributed by atoms with Crippen LogP contribution in [0.25, 0.3) is 0 Å². The number of amides is 1. The molecule has 9 heteroatoms. The van der Waals surface area contributed by atoms with Crippen molar-refractivity contribution in [3.05, 3.63) is 41.6 Å². The maximum Gasteiger partial charge on any atom is 0.573 e. The summed E-state index contributed by atoms with van der Waals surface area (Å²) in [5, 5.41) is 6.49. The fraction of sp³-hybridized carbons (Fsp3) is 0.444. The minimum absolute atomic E-state index is 0.0497. The van der Waals surface area contributed by atoms with Crippen LogP contribution in [0.3, 0.4) is 0 Å². The number of hydrogen-bond donors (Lipinski definition) is 1. The zero-order chi connectivity index (χ0) is 20.2. The highest BCUT2D eigenvalue weighted by molar-refractivity contribution is 5.90. The molecule has 6 nitrogen and oxygen atoms in total. The van der Waals surface area contributed by atoms with Crippen LogP contribution >= 0.6 is 0 Å². The molecule has 0 aliphatic rings. The maximum atomic E-state index is 12.5. The Balaban J connectivity index is 1.95. The van der Waals surface area contributed by atoms with Crippen molar-refractivity contribution in [1.29, 1.82) is 0 Å². The van der Waals surface area contributed by atoms with Crippen molar-refractivity contribution < 1.29 is 27.2 Å². The summed E-state index contributed by atoms with van der Waals surface area (Å²) >= 11 is 0. The van der Waals surface area contributed by atoms with Crippen molar-refractivity contribution in [2.45, 2.75) is 39.1 Å². The topological polar surface area (TPSA) is 67.6 Å². The molecule has 1 amide bonds. The molecule has 0 fully saturated rings. The summed E-state index contributed by atoms with van der Waals surface area (Å²) in [5.41, 5.74) is 0.801. The fourth-order valence-electron chi connectivity index (χ4n) is 2.32. The molecule has 0 spiro atoms. The van der Waals surface area contributed by atoms with E-state index in [2.05, 4.69) is 15.2 Å². The van der Waals surface area contributed by atoms with Gasteiger partial charge in [0.25, 0.3) is 0 Å². The number of benzene rings is 1. The Bertz CT molecular complexity index is 782. The first-order chi connectivity index (χ1) is 12.4. The molecule has 1 N–H and O–H groups in total. The summed E-state index contributed by atoms with van der Waals surface area (Å²) < 4.78 is 46.6. The lowest BCUT2D eigenvalue weighted by Gasteiger charge is -2.18. The van der Waals surface area contributed by atoms with Crippen molar-refractivity contribution in [2.24, 2.45) is 0 Å². The zero-order valence-electron chi connectivity index (χ0n) is 15.6. The van der Waals surface area contributed by atoms with Gasteiger partial charge in [-0.05, 0) is 13.1 Å². The van der Waals surface area contributed by atoms with Gasteiger partial charge in [0.05, 0.1) is 12.2 Å². The van der Waals surface area contributed by atoms with E-state index >= 15 is 0 Å². The Kier molecular flexibility index (Phi) is 6.15. The number of carbonyl (C=O) groups excluding carboxylic acids is 1. The second kappa shape index (κ2) is 7.99. The summed E-state index contributed by atoms with van der Waals surface area (Å²) in [7, 11) is 1.62. The lowest BCUT2D eigenvalue weighted by atomic mass is 9.92. The number of carbonyl (C=O) groups is 1. The van der Waals surface area contributed by atoms with Gasteiger partial charge < -0.3 is 9.26 Å². The Labute approximate surface area is 155 Å². The number of alkyl halides is 3. The van der Waals surface area contributed by atoms with Crippen LogP contribution in [0.2, 0.25) is 0 Å². The highest BCUT2D eigenvalue weighted by atomic mass is 19.4. The van der Waals surface area contributed by atoms with Gasteiger partial charge in [0.2, 0.25) is 11.8 Å². The van der Waals surface area contributed by atoms with Crippen LogP contribution in [0.15, 0.2) is 34.9 Å². The molecule has 1 aromatic heterocycles. The summed E-state index contributed by atoms with van der Waals surface area (Å²) in [5.74, 6) is -0.440. The van der Waals surface area contributed by atoms with Crippen LogP contribution in [0.1, 0.15) is 32.0 Å². The summed E-state index contributed by atoms with van der Waals surface area (Å²) in [6, 6.07) is 7.45. The first-order valence-corrected chi connectivity index (χ1v) is 8.23. The first kappa shape index (κ1) is 20.8. The minimum atomic E-state index is -4.77. The molecule has 0 unspecified atom stereocenters. The number of aromatic nitrogens is 1. The molecule has 0 bridgehead atoms. The zero-order valence-corrected chi connectivity index (χ0v) is 15.6. The molecule has 1 aromatic carbocycles. The number of nitrogens with one attached hydrogen (secondary N) is 1. The quantitative estimate of drug-likeness (QED) is 0.816. The average molecular weight is 385 g/mol. The number of halogens is 3. The molecule has 1 heterocycles. The van der Waals surface area contributed by atoms with E-state index in [4.69, 9.17) is 4.52 Å². The molecule has 0 aliphatic heterocycles. The molecule has 0 saturated carbocycles. The third-order valence-electron chi connectivity index (χ3n) is 3.59. The van der Waals surface area contributed by atoms with Crippen molar-refractivity contribution in [3.63, 3.8) is 0 Å². The van der Waals surface area contributed by atoms with E-state index in [1.54, 1.807) is 24.1 Å². The second-order valence-corrected chi connectivity index (χ2v) is 7.20. The normalized spacial score (nSPS) is 12.3. The van der Waals surface area contributed by atoms with Crippen molar-refractivity contribution in [2.75, 3.05) is 18.9 Å². The monoisotopic (exact) mass is 385 g/mol. The molecule has 148 valence electrons. The maximum absolute atomic E-state index is 12.5. The van der Waals surface area contributed by atoms with Crippen molar-refractivity contribution in [1.82, 2.24) is 10.1 Å². The van der Waals surface area contributed by atoms with Gasteiger partial charge in [-0.25, -0.2) is 0 Å². The smallest absolute Gasteiger partial charge is 0.405 e. The standard InChI is InChI=1S/C18H22F3N3O3/c1-17(2,3)14-9-16(27-23-14)22-15(25)11-24(4)10-12-7-5-6-8-13(12)26-18(19,20)21/h5-9H,10-11H2,1-4H3,(H,22,25). The van der Waals surface area contributed by atoms with Gasteiger partial charge in [-0.15, -0.1) is 13.2 Å². The van der Waals surface area contributed by atoms with E-state index in [0.717, 1.165) is 0 Å². The number of likely N-dealkylation sites (N-methyl/N-ethyl adjacent to an activating group) is 1. The predicted molar refractivity (Wildman–Crippen MR) is 93.3 cm³/mol. The Morgan fingerprint density at radius 2 is 1.93 bits per heavy atom. The van der Waals surface area contributed by atoms with Crippen LogP contribution in [-0.4, -0.2) is 35.9 Å². The summed E-state index contributed by atoms with van der Waals surface area (Å²) in [6.45, 7) is 5.94. The minimum Gasteiger partial charge on any atom is -0.405 e. The number of rotatable bonds is 6. The first-order valence-electron chi connectivity index (χ1n) is 8.23. The third kappa shape index (κ3) is 6.59. The van der Waals surface area contributed by atoms with Gasteiger partial charge in [0, 0.05) is 23.6 Å².